The average Bonchev–Trinajstić information content (AvgIpc) is 3.30. The van der Waals surface area contributed by atoms with Crippen molar-refractivity contribution in [2.75, 3.05) is 13.2 Å². The summed E-state index contributed by atoms with van der Waals surface area (Å²) in [5.41, 5.74) is 4.42. The van der Waals surface area contributed by atoms with Crippen molar-refractivity contribution in [3.8, 4) is 0 Å². The van der Waals surface area contributed by atoms with Gasteiger partial charge in [-0.05, 0) is 73.8 Å². The van der Waals surface area contributed by atoms with Crippen molar-refractivity contribution in [3.63, 3.8) is 0 Å². The zero-order valence-electron chi connectivity index (χ0n) is 18.4. The van der Waals surface area contributed by atoms with Crippen LogP contribution >= 0.6 is 12.2 Å². The number of pyridine rings is 1. The summed E-state index contributed by atoms with van der Waals surface area (Å²) in [6.07, 6.45) is 2.22. The number of benzene rings is 2. The third-order valence-electron chi connectivity index (χ3n) is 5.96. The molecule has 1 atom stereocenters. The van der Waals surface area contributed by atoms with Gasteiger partial charge in [0, 0.05) is 30.6 Å². The van der Waals surface area contributed by atoms with Crippen molar-refractivity contribution < 1.29 is 9.13 Å². The van der Waals surface area contributed by atoms with Gasteiger partial charge >= 0.3 is 0 Å². The molecule has 0 spiro atoms. The minimum atomic E-state index is -0.281. The molecule has 0 saturated carbocycles. The van der Waals surface area contributed by atoms with Crippen LogP contribution in [0.2, 0.25) is 0 Å². The molecule has 1 aliphatic heterocycles. The summed E-state index contributed by atoms with van der Waals surface area (Å²) in [5, 5.41) is 4.87. The molecule has 2 heterocycles. The van der Waals surface area contributed by atoms with Crippen LogP contribution in [0.25, 0.3) is 10.9 Å². The lowest BCUT2D eigenvalue weighted by Crippen LogP contribution is -2.42. The SMILES string of the molecule is Cc1ccc(C)c2[nH]c(=O)c(CN(Cc3ccc(F)cc3)C(=S)NCC3CCCO3)cc12. The molecule has 0 bridgehead atoms. The minimum absolute atomic E-state index is 0.128. The summed E-state index contributed by atoms with van der Waals surface area (Å²) in [6, 6.07) is 12.4. The molecule has 3 aromatic rings. The maximum atomic E-state index is 13.4. The van der Waals surface area contributed by atoms with Gasteiger partial charge in [0.05, 0.1) is 18.2 Å². The molecule has 5 nitrogen and oxygen atoms in total. The Kier molecular flexibility index (Phi) is 6.86. The van der Waals surface area contributed by atoms with Crippen molar-refractivity contribution in [1.29, 1.82) is 0 Å². The van der Waals surface area contributed by atoms with Crippen LogP contribution in [-0.4, -0.2) is 34.3 Å². The van der Waals surface area contributed by atoms with Crippen LogP contribution in [0.4, 0.5) is 4.39 Å². The summed E-state index contributed by atoms with van der Waals surface area (Å²) in [4.78, 5) is 17.9. The van der Waals surface area contributed by atoms with Gasteiger partial charge in [0.1, 0.15) is 5.82 Å². The second-order valence-electron chi connectivity index (χ2n) is 8.42. The van der Waals surface area contributed by atoms with Crippen molar-refractivity contribution in [2.45, 2.75) is 45.9 Å². The average molecular weight is 454 g/mol. The van der Waals surface area contributed by atoms with Gasteiger partial charge in [-0.2, -0.15) is 0 Å². The summed E-state index contributed by atoms with van der Waals surface area (Å²) >= 11 is 5.69. The number of aryl methyl sites for hydroxylation is 2. The molecule has 7 heteroatoms. The van der Waals surface area contributed by atoms with Crippen molar-refractivity contribution in [3.05, 3.63) is 80.9 Å². The van der Waals surface area contributed by atoms with Crippen molar-refractivity contribution in [1.82, 2.24) is 15.2 Å². The number of hydrogen-bond donors (Lipinski definition) is 2. The summed E-state index contributed by atoms with van der Waals surface area (Å²) < 4.78 is 19.1. The molecule has 1 unspecified atom stereocenters. The van der Waals surface area contributed by atoms with Gasteiger partial charge in [-0.1, -0.05) is 24.3 Å². The summed E-state index contributed by atoms with van der Waals surface area (Å²) in [6.45, 7) is 6.24. The van der Waals surface area contributed by atoms with Gasteiger partial charge in [0.15, 0.2) is 5.11 Å². The van der Waals surface area contributed by atoms with Crippen LogP contribution in [0, 0.1) is 19.7 Å². The van der Waals surface area contributed by atoms with E-state index in [9.17, 15) is 9.18 Å². The molecule has 4 rings (SSSR count). The molecular weight excluding hydrogens is 425 g/mol. The van der Waals surface area contributed by atoms with E-state index in [4.69, 9.17) is 17.0 Å². The smallest absolute Gasteiger partial charge is 0.253 e. The van der Waals surface area contributed by atoms with Gasteiger partial charge < -0.3 is 19.9 Å². The van der Waals surface area contributed by atoms with Gasteiger partial charge in [-0.3, -0.25) is 4.79 Å². The number of H-pyrrole nitrogens is 1. The Labute approximate surface area is 192 Å². The number of rotatable bonds is 6. The predicted octanol–water partition coefficient (Wildman–Crippen LogP) is 4.34. The first-order valence-electron chi connectivity index (χ1n) is 10.9. The normalized spacial score (nSPS) is 15.8. The quantitative estimate of drug-likeness (QED) is 0.544. The number of aromatic nitrogens is 1. The van der Waals surface area contributed by atoms with E-state index in [-0.39, 0.29) is 17.5 Å². The highest BCUT2D eigenvalue weighted by Gasteiger charge is 2.19. The molecule has 1 aliphatic rings. The van der Waals surface area contributed by atoms with E-state index in [2.05, 4.69) is 16.4 Å². The second kappa shape index (κ2) is 9.79. The molecule has 0 amide bonds. The van der Waals surface area contributed by atoms with Crippen LogP contribution in [0.3, 0.4) is 0 Å². The van der Waals surface area contributed by atoms with E-state index in [1.54, 1.807) is 12.1 Å². The second-order valence-corrected chi connectivity index (χ2v) is 8.80. The predicted molar refractivity (Wildman–Crippen MR) is 129 cm³/mol. The van der Waals surface area contributed by atoms with Gasteiger partial charge in [-0.15, -0.1) is 0 Å². The van der Waals surface area contributed by atoms with Gasteiger partial charge in [0.25, 0.3) is 5.56 Å². The molecule has 1 fully saturated rings. The highest BCUT2D eigenvalue weighted by atomic mass is 32.1. The Morgan fingerprint density at radius 3 is 2.66 bits per heavy atom. The summed E-state index contributed by atoms with van der Waals surface area (Å²) in [7, 11) is 0. The lowest BCUT2D eigenvalue weighted by molar-refractivity contribution is 0.113. The van der Waals surface area contributed by atoms with Crippen LogP contribution in [0.5, 0.6) is 0 Å². The monoisotopic (exact) mass is 453 g/mol. The first kappa shape index (κ1) is 22.4. The first-order chi connectivity index (χ1) is 15.4. The van der Waals surface area contributed by atoms with Crippen LogP contribution in [0.1, 0.15) is 35.1 Å². The van der Waals surface area contributed by atoms with Gasteiger partial charge in [-0.25, -0.2) is 4.39 Å². The number of ether oxygens (including phenoxy) is 1. The number of aromatic amines is 1. The Hall–Kier alpha value is -2.77. The molecule has 32 heavy (non-hydrogen) atoms. The third kappa shape index (κ3) is 5.16. The minimum Gasteiger partial charge on any atom is -0.376 e. The number of hydrogen-bond acceptors (Lipinski definition) is 3. The zero-order valence-corrected chi connectivity index (χ0v) is 19.2. The Balaban J connectivity index is 1.60. The van der Waals surface area contributed by atoms with E-state index in [0.717, 1.165) is 47.0 Å². The van der Waals surface area contributed by atoms with Crippen LogP contribution in [-0.2, 0) is 17.8 Å². The lowest BCUT2D eigenvalue weighted by Gasteiger charge is -2.27. The standard InChI is InChI=1S/C25H28FN3O2S/c1-16-5-6-17(2)23-22(16)12-19(24(30)28-23)15-29(14-18-7-9-20(26)10-8-18)25(32)27-13-21-4-3-11-31-21/h5-10,12,21H,3-4,11,13-15H2,1-2H3,(H,27,32)(H,28,30). The maximum Gasteiger partial charge on any atom is 0.253 e. The zero-order chi connectivity index (χ0) is 22.7. The number of thiocarbonyl (C=S) groups is 1. The number of fused-ring (bicyclic) bond motifs is 1. The molecule has 168 valence electrons. The van der Waals surface area contributed by atoms with Gasteiger partial charge in [0.2, 0.25) is 0 Å². The Morgan fingerprint density at radius 1 is 1.19 bits per heavy atom. The fourth-order valence-electron chi connectivity index (χ4n) is 4.07. The molecular formula is C25H28FN3O2S. The van der Waals surface area contributed by atoms with E-state index >= 15 is 0 Å². The largest absolute Gasteiger partial charge is 0.376 e. The fraction of sp³-hybridized carbons (Fsp3) is 0.360. The van der Waals surface area contributed by atoms with Crippen LogP contribution in [0.15, 0.2) is 47.3 Å². The Morgan fingerprint density at radius 2 is 1.94 bits per heavy atom. The molecule has 1 saturated heterocycles. The Bertz CT molecular complexity index is 1170. The van der Waals surface area contributed by atoms with E-state index in [1.165, 1.54) is 12.1 Å². The number of halogens is 1. The topological polar surface area (TPSA) is 57.4 Å². The van der Waals surface area contributed by atoms with E-state index in [0.29, 0.717) is 30.3 Å². The molecule has 2 aromatic carbocycles. The molecule has 1 aromatic heterocycles. The van der Waals surface area contributed by atoms with Crippen molar-refractivity contribution in [2.24, 2.45) is 0 Å². The van der Waals surface area contributed by atoms with Crippen molar-refractivity contribution >= 4 is 28.2 Å². The number of nitrogens with one attached hydrogen (secondary N) is 2. The highest BCUT2D eigenvalue weighted by Crippen LogP contribution is 2.21. The van der Waals surface area contributed by atoms with E-state index in [1.807, 2.05) is 30.9 Å². The molecule has 0 aliphatic carbocycles. The lowest BCUT2D eigenvalue weighted by atomic mass is 10.0. The molecule has 2 N–H and O–H groups in total. The summed E-state index contributed by atoms with van der Waals surface area (Å²) in [5.74, 6) is -0.281. The first-order valence-corrected chi connectivity index (χ1v) is 11.3. The third-order valence-corrected chi connectivity index (χ3v) is 6.36. The molecule has 0 radical (unpaired) electrons. The highest BCUT2D eigenvalue weighted by molar-refractivity contribution is 7.80. The number of nitrogens with zero attached hydrogens (tertiary/aromatic N) is 1. The van der Waals surface area contributed by atoms with E-state index < -0.39 is 0 Å². The maximum absolute atomic E-state index is 13.4. The fourth-order valence-corrected chi connectivity index (χ4v) is 4.28. The van der Waals surface area contributed by atoms with Crippen LogP contribution < -0.4 is 10.9 Å².